The van der Waals surface area contributed by atoms with E-state index >= 15 is 0 Å². The number of aromatic amines is 1. The number of benzene rings is 3. The highest BCUT2D eigenvalue weighted by atomic mass is 16.4. The largest absolute Gasteiger partial charge is 0.508 e. The molecule has 10 atom stereocenters. The number of primary amides is 2. The van der Waals surface area contributed by atoms with Gasteiger partial charge in [-0.3, -0.25) is 57.5 Å². The molecule has 2 heterocycles. The van der Waals surface area contributed by atoms with Gasteiger partial charge < -0.3 is 146 Å². The van der Waals surface area contributed by atoms with Gasteiger partial charge in [0.15, 0.2) is 0 Å². The lowest BCUT2D eigenvalue weighted by Gasteiger charge is -2.07. The molecule has 3 aromatic carbocycles. The Morgan fingerprint density at radius 1 is 0.447 bits per heavy atom. The Balaban J connectivity index is -0.000000348. The first-order valence-electron chi connectivity index (χ1n) is 31.7. The number of H-pyrrole nitrogens is 1. The van der Waals surface area contributed by atoms with Gasteiger partial charge in [0.1, 0.15) is 66.2 Å². The Hall–Kier alpha value is -9.88. The minimum Gasteiger partial charge on any atom is -0.508 e. The van der Waals surface area contributed by atoms with Crippen LogP contribution in [0.15, 0.2) is 85.1 Å². The van der Waals surface area contributed by atoms with Crippen LogP contribution in [-0.2, 0) is 76.8 Å². The second-order valence-corrected chi connectivity index (χ2v) is 22.5. The van der Waals surface area contributed by atoms with E-state index in [9.17, 15) is 57.5 Å². The predicted molar refractivity (Wildman–Crippen MR) is 378 cm³/mol. The van der Waals surface area contributed by atoms with Gasteiger partial charge in [-0.1, -0.05) is 87.4 Å². The molecule has 0 radical (unpaired) electrons. The minimum absolute atomic E-state index is 0.0208. The van der Waals surface area contributed by atoms with Crippen molar-refractivity contribution in [2.75, 3.05) is 26.2 Å². The van der Waals surface area contributed by atoms with Crippen LogP contribution < -0.4 is 79.9 Å². The van der Waals surface area contributed by atoms with E-state index in [4.69, 9.17) is 136 Å². The van der Waals surface area contributed by atoms with Crippen molar-refractivity contribution < 1.29 is 119 Å². The number of aliphatic hydroxyl groups excluding tert-OH is 1. The number of carboxylic acid groups (broad SMARTS) is 10. The monoisotopic (exact) mass is 1470 g/mol. The van der Waals surface area contributed by atoms with Crippen LogP contribution in [0.4, 0.5) is 0 Å². The number of unbranched alkanes of at least 4 members (excludes halogenated alkanes) is 2. The quantitative estimate of drug-likeness (QED) is 0.0214. The number of phenolic OH excluding ortho intramolecular Hbond substituents is 1. The summed E-state index contributed by atoms with van der Waals surface area (Å²) in [5, 5.41) is 104. The predicted octanol–water partition coefficient (Wildman–Crippen LogP) is -3.24. The molecule has 584 valence electrons. The number of rotatable bonds is 32. The van der Waals surface area contributed by atoms with E-state index < -0.39 is 132 Å². The van der Waals surface area contributed by atoms with Crippen molar-refractivity contribution in [3.8, 4) is 5.75 Å². The number of para-hydroxylation sites is 1. The zero-order valence-corrected chi connectivity index (χ0v) is 57.6. The number of carbonyl (C=O) groups excluding carboxylic acids is 2. The number of aliphatic hydroxyl groups is 1. The number of carbonyl (C=O) groups is 12. The van der Waals surface area contributed by atoms with Gasteiger partial charge in [0.05, 0.1) is 6.61 Å². The fourth-order valence-electron chi connectivity index (χ4n) is 6.92. The standard InChI is InChI=1S/C11H12N2O2.C9H11NO3.C9H11NO2.2C6H14N2O2.2C5H10N2O3.C5H9NO2.C5H11NO2.C3H7NO3/c12-9(11(14)15)5-7-6-13-10-4-2-1-3-8(7)10;10-8(9(12)13)5-6-1-3-7(11)4-2-6;10-8(9(11)12)6-7-4-2-1-3-5-7;2*7-4-2-1-3-5(8)6(9)10;2*6-3(5(9)10)1-2-4(7)8;7-5(8)4-2-1-3-6-4;1-3(2)4(6)5(7)8;4-2(1-5)3(6)7/h1-4,6,9,13H,5,12H2,(H,14,15);1-4,8,11H,5,10H2,(H,12,13);1-5,8H,6,10H2,(H,11,12);2*5H,1-4,7-8H2,(H,9,10);2*3H,1-2,6H2,(H2,7,8)(H,9,10);4,6H,1-3H2,(H,7,8);3-4H,6H2,1-2H3,(H,7,8);2,5H,1,4H2,(H,6,7)/t9-;2*8-;2*5-;2*3-;2*4-;2-/m0000000000/s1. The molecule has 1 aromatic heterocycles. The van der Waals surface area contributed by atoms with Crippen LogP contribution in [0.1, 0.15) is 108 Å². The first-order valence-corrected chi connectivity index (χ1v) is 31.7. The number of hydrogen-bond donors (Lipinski definition) is 27. The summed E-state index contributed by atoms with van der Waals surface area (Å²) in [6.45, 7) is 5.11. The number of amides is 2. The van der Waals surface area contributed by atoms with Gasteiger partial charge in [0, 0.05) is 36.4 Å². The molecule has 4 aromatic rings. The Morgan fingerprint density at radius 2 is 0.806 bits per heavy atom. The topological polar surface area (TPSA) is 814 Å². The lowest BCUT2D eigenvalue weighted by atomic mass is 10.1. The molecule has 1 fully saturated rings. The maximum Gasteiger partial charge on any atom is 0.322 e. The van der Waals surface area contributed by atoms with Crippen LogP contribution in [0.25, 0.3) is 10.9 Å². The van der Waals surface area contributed by atoms with Gasteiger partial charge in [0.2, 0.25) is 11.8 Å². The third-order valence-corrected chi connectivity index (χ3v) is 13.2. The third kappa shape index (κ3) is 58.5. The summed E-state index contributed by atoms with van der Waals surface area (Å²) in [5.74, 6) is -10.7. The van der Waals surface area contributed by atoms with Crippen LogP contribution in [0.3, 0.4) is 0 Å². The van der Waals surface area contributed by atoms with Crippen molar-refractivity contribution in [1.29, 1.82) is 0 Å². The number of aromatic nitrogens is 1. The summed E-state index contributed by atoms with van der Waals surface area (Å²) in [6, 6.07) is 15.4. The van der Waals surface area contributed by atoms with Crippen LogP contribution in [-0.4, -0.2) is 224 Å². The number of fused-ring (bicyclic) bond motifs is 1. The number of aromatic hydroxyl groups is 1. The lowest BCUT2D eigenvalue weighted by Crippen LogP contribution is -2.34. The first-order chi connectivity index (χ1) is 47.9. The Bertz CT molecular complexity index is 3000. The average Bonchev–Trinajstić information content (AvgIpc) is 1.69. The summed E-state index contributed by atoms with van der Waals surface area (Å²) in [7, 11) is 0. The van der Waals surface area contributed by atoms with Crippen molar-refractivity contribution in [1.82, 2.24) is 10.3 Å². The SMILES string of the molecule is CC(C)[C@H](N)C(=O)O.NC(=O)CC[C@H](N)C(=O)O.NC(=O)CC[C@H](N)C(=O)O.NCCCC[C@H](N)C(=O)O.NCCCC[C@H](N)C(=O)O.N[C@@H](CO)C(=O)O.N[C@@H](Cc1c[nH]c2ccccc12)C(=O)O.N[C@@H](Cc1ccc(O)cc1)C(=O)O.N[C@@H](Cc1ccccc1)C(=O)O.O=C(O)[C@@H]1CCCN1. The molecule has 0 unspecified atom stereocenters. The number of hydrogen-bond acceptors (Lipinski definition) is 26. The van der Waals surface area contributed by atoms with E-state index in [1.165, 1.54) is 12.1 Å². The molecule has 1 saturated heterocycles. The van der Waals surface area contributed by atoms with Crippen LogP contribution >= 0.6 is 0 Å². The minimum atomic E-state index is -1.18. The van der Waals surface area contributed by atoms with Gasteiger partial charge >= 0.3 is 59.7 Å². The molecule has 39 nitrogen and oxygen atoms in total. The molecule has 0 aliphatic carbocycles. The lowest BCUT2D eigenvalue weighted by molar-refractivity contribution is -0.140. The third-order valence-electron chi connectivity index (χ3n) is 13.2. The molecule has 40 N–H and O–H groups in total. The average molecular weight is 1470 g/mol. The van der Waals surface area contributed by atoms with E-state index in [2.05, 4.69) is 10.3 Å². The zero-order valence-electron chi connectivity index (χ0n) is 57.6. The molecule has 5 rings (SSSR count). The molecule has 0 spiro atoms. The van der Waals surface area contributed by atoms with Gasteiger partial charge in [0.25, 0.3) is 0 Å². The number of nitrogens with one attached hydrogen (secondary N) is 2. The number of carboxylic acids is 10. The van der Waals surface area contributed by atoms with Crippen LogP contribution in [0, 0.1) is 5.92 Å². The molecule has 1 aliphatic rings. The van der Waals surface area contributed by atoms with Gasteiger partial charge in [-0.2, -0.15) is 0 Å². The first kappa shape index (κ1) is 102. The van der Waals surface area contributed by atoms with Crippen LogP contribution in [0.5, 0.6) is 5.75 Å². The van der Waals surface area contributed by atoms with Gasteiger partial charge in [-0.05, 0) is 125 Å². The van der Waals surface area contributed by atoms with Gasteiger partial charge in [-0.25, -0.2) is 0 Å². The number of aliphatic carboxylic acids is 10. The highest BCUT2D eigenvalue weighted by Gasteiger charge is 2.21. The molecule has 39 heteroatoms. The van der Waals surface area contributed by atoms with Crippen molar-refractivity contribution >= 4 is 82.4 Å². The van der Waals surface area contributed by atoms with E-state index in [1.807, 2.05) is 60.8 Å². The summed E-state index contributed by atoms with van der Waals surface area (Å²) >= 11 is 0. The molecule has 0 bridgehead atoms. The van der Waals surface area contributed by atoms with Crippen molar-refractivity contribution in [2.45, 2.75) is 171 Å². The normalized spacial score (nSPS) is 14.0. The van der Waals surface area contributed by atoms with E-state index in [0.29, 0.717) is 38.8 Å². The van der Waals surface area contributed by atoms with E-state index in [0.717, 1.165) is 72.7 Å². The summed E-state index contributed by atoms with van der Waals surface area (Å²) in [4.78, 5) is 125. The smallest absolute Gasteiger partial charge is 0.322 e. The van der Waals surface area contributed by atoms with Gasteiger partial charge in [-0.15, -0.1) is 0 Å². The van der Waals surface area contributed by atoms with Crippen LogP contribution in [0.2, 0.25) is 0 Å². The fraction of sp³-hybridized carbons (Fsp3) is 0.500. The maximum absolute atomic E-state index is 10.6. The molecular weight excluding hydrogens is 1360 g/mol. The molecular formula is C64H109N15O24. The summed E-state index contributed by atoms with van der Waals surface area (Å²) < 4.78 is 0. The van der Waals surface area contributed by atoms with E-state index in [-0.39, 0.29) is 49.8 Å². The molecule has 2 amide bonds. The molecule has 0 saturated carbocycles. The maximum atomic E-state index is 10.6. The Labute approximate surface area is 594 Å². The summed E-state index contributed by atoms with van der Waals surface area (Å²) in [6.07, 6.45) is 9.18. The molecule has 1 aliphatic heterocycles. The Morgan fingerprint density at radius 3 is 1.10 bits per heavy atom. The second kappa shape index (κ2) is 60.8. The van der Waals surface area contributed by atoms with Crippen molar-refractivity contribution in [3.63, 3.8) is 0 Å². The Kier molecular flexibility index (Phi) is 60.1. The molecule has 103 heavy (non-hydrogen) atoms. The fourth-order valence-corrected chi connectivity index (χ4v) is 6.92. The second-order valence-electron chi connectivity index (χ2n) is 22.5. The van der Waals surface area contributed by atoms with Crippen molar-refractivity contribution in [2.24, 2.45) is 80.5 Å². The van der Waals surface area contributed by atoms with E-state index in [1.54, 1.807) is 26.0 Å². The number of phenols is 1. The number of nitrogens with two attached hydrogens (primary N) is 13. The summed E-state index contributed by atoms with van der Waals surface area (Å²) in [5.41, 5.74) is 70.2. The highest BCUT2D eigenvalue weighted by molar-refractivity contribution is 5.84. The zero-order chi connectivity index (χ0) is 80.5. The van der Waals surface area contributed by atoms with Crippen molar-refractivity contribution in [3.05, 3.63) is 102 Å². The highest BCUT2D eigenvalue weighted by Crippen LogP contribution is 2.19.